The fraction of sp³-hybridized carbons (Fsp3) is 0.333. The number of piperazine rings is 1. The quantitative estimate of drug-likeness (QED) is 0.702. The Bertz CT molecular complexity index is 779. The van der Waals surface area contributed by atoms with Gasteiger partial charge in [0.2, 0.25) is 0 Å². The van der Waals surface area contributed by atoms with E-state index in [1.165, 1.54) is 0 Å². The van der Waals surface area contributed by atoms with Gasteiger partial charge in [-0.05, 0) is 34.7 Å². The molecule has 3 aromatic rings. The molecule has 1 saturated heterocycles. The molecule has 25 heavy (non-hydrogen) atoms. The first-order valence-electron chi connectivity index (χ1n) is 8.56. The van der Waals surface area contributed by atoms with Crippen LogP contribution in [0.2, 0.25) is 0 Å². The Labute approximate surface area is 146 Å². The van der Waals surface area contributed by atoms with E-state index in [1.807, 2.05) is 53.3 Å². The van der Waals surface area contributed by atoms with Gasteiger partial charge in [-0.3, -0.25) is 14.8 Å². The average molecular weight is 335 g/mol. The van der Waals surface area contributed by atoms with Crippen molar-refractivity contribution in [1.29, 1.82) is 0 Å². The number of pyridine rings is 1. The Balaban J connectivity index is 1.34. The molecular weight excluding hydrogens is 314 g/mol. The Morgan fingerprint density at radius 3 is 2.24 bits per heavy atom. The SMILES string of the molecule is c1ccc(-n2nnnc2CN2CCN(Cc3ccccn3)CC2)cc1. The van der Waals surface area contributed by atoms with Crippen molar-refractivity contribution in [3.8, 4) is 5.69 Å². The number of benzene rings is 1. The maximum absolute atomic E-state index is 4.41. The van der Waals surface area contributed by atoms with Gasteiger partial charge in [0, 0.05) is 38.9 Å². The molecule has 128 valence electrons. The molecular formula is C18H21N7. The number of hydrogen-bond donors (Lipinski definition) is 0. The zero-order chi connectivity index (χ0) is 16.9. The second kappa shape index (κ2) is 7.50. The van der Waals surface area contributed by atoms with E-state index in [0.29, 0.717) is 0 Å². The van der Waals surface area contributed by atoms with Crippen molar-refractivity contribution in [3.05, 3.63) is 66.2 Å². The molecule has 4 rings (SSSR count). The van der Waals surface area contributed by atoms with Gasteiger partial charge in [-0.2, -0.15) is 4.68 Å². The van der Waals surface area contributed by atoms with E-state index in [4.69, 9.17) is 0 Å². The zero-order valence-corrected chi connectivity index (χ0v) is 14.1. The molecule has 2 aromatic heterocycles. The lowest BCUT2D eigenvalue weighted by atomic mass is 10.2. The van der Waals surface area contributed by atoms with Crippen LogP contribution in [0.15, 0.2) is 54.7 Å². The van der Waals surface area contributed by atoms with Gasteiger partial charge in [-0.15, -0.1) is 5.10 Å². The highest BCUT2D eigenvalue weighted by Gasteiger charge is 2.20. The molecule has 1 fully saturated rings. The predicted octanol–water partition coefficient (Wildman–Crippen LogP) is 1.38. The normalized spacial score (nSPS) is 16.2. The summed E-state index contributed by atoms with van der Waals surface area (Å²) in [5, 5.41) is 12.2. The average Bonchev–Trinajstić information content (AvgIpc) is 3.13. The summed E-state index contributed by atoms with van der Waals surface area (Å²) < 4.78 is 1.82. The van der Waals surface area contributed by atoms with Crippen LogP contribution in [0.5, 0.6) is 0 Å². The first-order valence-corrected chi connectivity index (χ1v) is 8.56. The minimum atomic E-state index is 0.763. The summed E-state index contributed by atoms with van der Waals surface area (Å²) in [4.78, 5) is 9.26. The van der Waals surface area contributed by atoms with E-state index in [1.54, 1.807) is 0 Å². The molecule has 1 aromatic carbocycles. The minimum Gasteiger partial charge on any atom is -0.295 e. The largest absolute Gasteiger partial charge is 0.295 e. The third-order valence-corrected chi connectivity index (χ3v) is 4.48. The van der Waals surface area contributed by atoms with Crippen LogP contribution in [0.4, 0.5) is 0 Å². The summed E-state index contributed by atoms with van der Waals surface area (Å²) in [5.74, 6) is 0.879. The van der Waals surface area contributed by atoms with Crippen LogP contribution in [0, 0.1) is 0 Å². The van der Waals surface area contributed by atoms with E-state index < -0.39 is 0 Å². The van der Waals surface area contributed by atoms with Crippen molar-refractivity contribution in [2.24, 2.45) is 0 Å². The fourth-order valence-corrected chi connectivity index (χ4v) is 3.10. The van der Waals surface area contributed by atoms with Crippen LogP contribution >= 0.6 is 0 Å². The highest BCUT2D eigenvalue weighted by molar-refractivity contribution is 5.30. The van der Waals surface area contributed by atoms with Gasteiger partial charge in [0.05, 0.1) is 17.9 Å². The topological polar surface area (TPSA) is 63.0 Å². The molecule has 0 saturated carbocycles. The summed E-state index contributed by atoms with van der Waals surface area (Å²) in [6.07, 6.45) is 1.86. The highest BCUT2D eigenvalue weighted by Crippen LogP contribution is 2.12. The molecule has 0 atom stereocenters. The molecule has 0 radical (unpaired) electrons. The third kappa shape index (κ3) is 3.89. The minimum absolute atomic E-state index is 0.763. The summed E-state index contributed by atoms with van der Waals surface area (Å²) in [7, 11) is 0. The maximum atomic E-state index is 4.41. The van der Waals surface area contributed by atoms with E-state index in [9.17, 15) is 0 Å². The number of nitrogens with zero attached hydrogens (tertiary/aromatic N) is 7. The second-order valence-corrected chi connectivity index (χ2v) is 6.22. The van der Waals surface area contributed by atoms with Crippen LogP contribution in [0.3, 0.4) is 0 Å². The number of tetrazole rings is 1. The Morgan fingerprint density at radius 2 is 1.52 bits per heavy atom. The van der Waals surface area contributed by atoms with Gasteiger partial charge >= 0.3 is 0 Å². The van der Waals surface area contributed by atoms with Crippen molar-refractivity contribution in [3.63, 3.8) is 0 Å². The summed E-state index contributed by atoms with van der Waals surface area (Å²) >= 11 is 0. The number of para-hydroxylation sites is 1. The van der Waals surface area contributed by atoms with Crippen molar-refractivity contribution in [2.45, 2.75) is 13.1 Å². The van der Waals surface area contributed by atoms with Crippen molar-refractivity contribution in [1.82, 2.24) is 35.0 Å². The van der Waals surface area contributed by atoms with Gasteiger partial charge in [-0.1, -0.05) is 24.3 Å². The molecule has 7 nitrogen and oxygen atoms in total. The molecule has 3 heterocycles. The van der Waals surface area contributed by atoms with E-state index in [2.05, 4.69) is 36.4 Å². The first kappa shape index (κ1) is 15.9. The lowest BCUT2D eigenvalue weighted by Gasteiger charge is -2.34. The number of aromatic nitrogens is 5. The molecule has 0 bridgehead atoms. The lowest BCUT2D eigenvalue weighted by molar-refractivity contribution is 0.118. The molecule has 7 heteroatoms. The first-order chi connectivity index (χ1) is 12.4. The van der Waals surface area contributed by atoms with Crippen LogP contribution in [-0.4, -0.2) is 61.2 Å². The summed E-state index contributed by atoms with van der Waals surface area (Å²) in [6.45, 7) is 5.76. The van der Waals surface area contributed by atoms with Crippen LogP contribution in [-0.2, 0) is 13.1 Å². The molecule has 0 unspecified atom stereocenters. The van der Waals surface area contributed by atoms with Gasteiger partial charge in [0.25, 0.3) is 0 Å². The Morgan fingerprint density at radius 1 is 0.800 bits per heavy atom. The third-order valence-electron chi connectivity index (χ3n) is 4.48. The number of rotatable bonds is 5. The Hall–Kier alpha value is -2.64. The molecule has 0 amide bonds. The van der Waals surface area contributed by atoms with Crippen molar-refractivity contribution < 1.29 is 0 Å². The molecule has 0 aliphatic carbocycles. The zero-order valence-electron chi connectivity index (χ0n) is 14.1. The monoisotopic (exact) mass is 335 g/mol. The van der Waals surface area contributed by atoms with Crippen LogP contribution < -0.4 is 0 Å². The van der Waals surface area contributed by atoms with E-state index >= 15 is 0 Å². The van der Waals surface area contributed by atoms with E-state index in [0.717, 1.165) is 56.5 Å². The second-order valence-electron chi connectivity index (χ2n) is 6.22. The molecule has 0 N–H and O–H groups in total. The van der Waals surface area contributed by atoms with Crippen LogP contribution in [0.25, 0.3) is 5.69 Å². The van der Waals surface area contributed by atoms with Gasteiger partial charge in [0.1, 0.15) is 0 Å². The highest BCUT2D eigenvalue weighted by atomic mass is 15.5. The lowest BCUT2D eigenvalue weighted by Crippen LogP contribution is -2.45. The van der Waals surface area contributed by atoms with Crippen molar-refractivity contribution in [2.75, 3.05) is 26.2 Å². The van der Waals surface area contributed by atoms with Gasteiger partial charge in [0.15, 0.2) is 5.82 Å². The Kier molecular flexibility index (Phi) is 4.76. The number of hydrogen-bond acceptors (Lipinski definition) is 6. The maximum Gasteiger partial charge on any atom is 0.170 e. The molecule has 0 spiro atoms. The molecule has 1 aliphatic rings. The predicted molar refractivity (Wildman–Crippen MR) is 93.9 cm³/mol. The molecule has 1 aliphatic heterocycles. The van der Waals surface area contributed by atoms with Gasteiger partial charge < -0.3 is 0 Å². The van der Waals surface area contributed by atoms with E-state index in [-0.39, 0.29) is 0 Å². The fourth-order valence-electron chi connectivity index (χ4n) is 3.10. The van der Waals surface area contributed by atoms with Gasteiger partial charge in [-0.25, -0.2) is 0 Å². The van der Waals surface area contributed by atoms with Crippen LogP contribution in [0.1, 0.15) is 11.5 Å². The van der Waals surface area contributed by atoms with Crippen molar-refractivity contribution >= 4 is 0 Å². The summed E-state index contributed by atoms with van der Waals surface area (Å²) in [6, 6.07) is 16.1. The standard InChI is InChI=1S/C18H21N7/c1-2-7-17(8-3-1)25-18(20-21-22-25)15-24-12-10-23(11-13-24)14-16-6-4-5-9-19-16/h1-9H,10-15H2. The summed E-state index contributed by atoms with van der Waals surface area (Å²) in [5.41, 5.74) is 2.13. The smallest absolute Gasteiger partial charge is 0.170 e.